The van der Waals surface area contributed by atoms with Crippen molar-refractivity contribution in [1.29, 1.82) is 0 Å². The number of para-hydroxylation sites is 1. The number of hydrogen-bond acceptors (Lipinski definition) is 5. The number of alkyl halides is 3. The zero-order chi connectivity index (χ0) is 27.4. The second-order valence-electron chi connectivity index (χ2n) is 9.59. The number of carbonyl (C=O) groups is 2. The predicted molar refractivity (Wildman–Crippen MR) is 140 cm³/mol. The van der Waals surface area contributed by atoms with E-state index in [0.29, 0.717) is 38.2 Å². The molecule has 2 amide bonds. The molecule has 1 fully saturated rings. The first-order valence-electron chi connectivity index (χ1n) is 12.5. The number of piperidine rings is 1. The van der Waals surface area contributed by atoms with Crippen molar-refractivity contribution in [3.05, 3.63) is 80.8 Å². The lowest BCUT2D eigenvalue weighted by Crippen LogP contribution is -2.39. The van der Waals surface area contributed by atoms with Gasteiger partial charge in [-0.2, -0.15) is 13.2 Å². The minimum atomic E-state index is -4.59. The Bertz CT molecular complexity index is 1280. The Morgan fingerprint density at radius 1 is 1.11 bits per heavy atom. The maximum Gasteiger partial charge on any atom is 0.417 e. The lowest BCUT2D eigenvalue weighted by molar-refractivity contribution is -0.138. The molecule has 1 unspecified atom stereocenters. The van der Waals surface area contributed by atoms with E-state index in [0.717, 1.165) is 28.0 Å². The van der Waals surface area contributed by atoms with E-state index in [1.165, 1.54) is 34.4 Å². The van der Waals surface area contributed by atoms with Crippen molar-refractivity contribution < 1.29 is 27.5 Å². The molecule has 38 heavy (non-hydrogen) atoms. The number of aryl methyl sites for hydroxylation is 2. The maximum atomic E-state index is 13.3. The van der Waals surface area contributed by atoms with Gasteiger partial charge in [0.15, 0.2) is 0 Å². The summed E-state index contributed by atoms with van der Waals surface area (Å²) in [4.78, 5) is 31.6. The Balaban J connectivity index is 1.31. The molecule has 0 radical (unpaired) electrons. The fraction of sp³-hybridized carbons (Fsp3) is 0.393. The molecule has 202 valence electrons. The quantitative estimate of drug-likeness (QED) is 0.396. The topological polar surface area (TPSA) is 71.5 Å². The van der Waals surface area contributed by atoms with Crippen LogP contribution < -0.4 is 10.1 Å². The third-order valence-corrected chi connectivity index (χ3v) is 7.62. The van der Waals surface area contributed by atoms with Crippen molar-refractivity contribution in [3.8, 4) is 5.75 Å². The van der Waals surface area contributed by atoms with E-state index in [9.17, 15) is 22.8 Å². The number of carbonyl (C=O) groups excluding carboxylic acids is 2. The fourth-order valence-corrected chi connectivity index (χ4v) is 5.54. The number of halogens is 3. The van der Waals surface area contributed by atoms with Gasteiger partial charge in [-0.25, -0.2) is 4.98 Å². The molecule has 1 aliphatic rings. The first kappa shape index (κ1) is 27.6. The summed E-state index contributed by atoms with van der Waals surface area (Å²) >= 11 is 1.38. The number of nitrogens with zero attached hydrogens (tertiary/aromatic N) is 2. The molecule has 0 bridgehead atoms. The van der Waals surface area contributed by atoms with Gasteiger partial charge in [-0.05, 0) is 56.9 Å². The van der Waals surface area contributed by atoms with Crippen molar-refractivity contribution in [2.75, 3.05) is 19.7 Å². The summed E-state index contributed by atoms with van der Waals surface area (Å²) in [6.07, 6.45) is -3.46. The molecule has 0 saturated carbocycles. The largest absolute Gasteiger partial charge is 0.491 e. The molecule has 0 aliphatic carbocycles. The lowest BCUT2D eigenvalue weighted by atomic mass is 9.96. The van der Waals surface area contributed by atoms with Crippen molar-refractivity contribution in [1.82, 2.24) is 15.2 Å². The summed E-state index contributed by atoms with van der Waals surface area (Å²) in [6, 6.07) is 10.6. The van der Waals surface area contributed by atoms with Crippen molar-refractivity contribution in [2.45, 2.75) is 51.7 Å². The third-order valence-electron chi connectivity index (χ3n) is 6.61. The van der Waals surface area contributed by atoms with Crippen molar-refractivity contribution >= 4 is 23.2 Å². The van der Waals surface area contributed by atoms with Gasteiger partial charge < -0.3 is 15.0 Å². The SMILES string of the molecule is Cc1cccc(C)c1OCC(C)NC(=O)c1csc(C2CCN(C(=O)c3ccccc3C(F)(F)F)CC2)n1. The van der Waals surface area contributed by atoms with E-state index < -0.39 is 17.6 Å². The molecular weight excluding hydrogens is 515 g/mol. The Morgan fingerprint density at radius 2 is 1.76 bits per heavy atom. The molecule has 1 aliphatic heterocycles. The highest BCUT2D eigenvalue weighted by atomic mass is 32.1. The van der Waals surface area contributed by atoms with Gasteiger partial charge in [0.05, 0.1) is 22.2 Å². The summed E-state index contributed by atoms with van der Waals surface area (Å²) in [5.41, 5.74) is 1.13. The van der Waals surface area contributed by atoms with Crippen LogP contribution in [0.2, 0.25) is 0 Å². The average molecular weight is 546 g/mol. The highest BCUT2D eigenvalue weighted by Crippen LogP contribution is 2.34. The zero-order valence-electron chi connectivity index (χ0n) is 21.5. The van der Waals surface area contributed by atoms with Crippen LogP contribution in [-0.4, -0.2) is 47.4 Å². The highest BCUT2D eigenvalue weighted by molar-refractivity contribution is 7.09. The van der Waals surface area contributed by atoms with Crippen LogP contribution in [0.25, 0.3) is 0 Å². The van der Waals surface area contributed by atoms with E-state index in [1.807, 2.05) is 39.0 Å². The highest BCUT2D eigenvalue weighted by Gasteiger charge is 2.36. The summed E-state index contributed by atoms with van der Waals surface area (Å²) in [5, 5.41) is 5.41. The summed E-state index contributed by atoms with van der Waals surface area (Å²) in [6.45, 7) is 6.78. The first-order chi connectivity index (χ1) is 18.0. The van der Waals surface area contributed by atoms with Crippen molar-refractivity contribution in [2.24, 2.45) is 0 Å². The zero-order valence-corrected chi connectivity index (χ0v) is 22.3. The number of aromatic nitrogens is 1. The molecule has 0 spiro atoms. The van der Waals surface area contributed by atoms with Crippen LogP contribution in [0.15, 0.2) is 47.8 Å². The minimum absolute atomic E-state index is 0.0354. The van der Waals surface area contributed by atoms with Gasteiger partial charge in [-0.15, -0.1) is 11.3 Å². The van der Waals surface area contributed by atoms with E-state index in [-0.39, 0.29) is 23.4 Å². The van der Waals surface area contributed by atoms with E-state index >= 15 is 0 Å². The second-order valence-corrected chi connectivity index (χ2v) is 10.5. The standard InChI is InChI=1S/C28H30F3N3O3S/c1-17-7-6-8-18(2)24(17)37-15-19(3)32-25(35)23-16-38-26(33-23)20-11-13-34(14-12-20)27(36)21-9-4-5-10-22(21)28(29,30)31/h4-10,16,19-20H,11-15H2,1-3H3,(H,32,35). The van der Waals surface area contributed by atoms with E-state index in [4.69, 9.17) is 4.74 Å². The first-order valence-corrected chi connectivity index (χ1v) is 13.3. The monoisotopic (exact) mass is 545 g/mol. The minimum Gasteiger partial charge on any atom is -0.491 e. The number of hydrogen-bond donors (Lipinski definition) is 1. The average Bonchev–Trinajstić information content (AvgIpc) is 3.38. The van der Waals surface area contributed by atoms with Crippen LogP contribution in [0.4, 0.5) is 13.2 Å². The van der Waals surface area contributed by atoms with Gasteiger partial charge in [0.1, 0.15) is 18.1 Å². The fourth-order valence-electron chi connectivity index (χ4n) is 4.57. The normalized spacial score (nSPS) is 15.3. The Morgan fingerprint density at radius 3 is 2.42 bits per heavy atom. The van der Waals surface area contributed by atoms with Gasteiger partial charge in [0.2, 0.25) is 0 Å². The van der Waals surface area contributed by atoms with Crippen LogP contribution in [0.3, 0.4) is 0 Å². The Hall–Kier alpha value is -3.40. The number of ether oxygens (including phenoxy) is 1. The molecule has 2 heterocycles. The van der Waals surface area contributed by atoms with Gasteiger partial charge in [-0.3, -0.25) is 9.59 Å². The van der Waals surface area contributed by atoms with Crippen LogP contribution in [0.1, 0.15) is 68.2 Å². The summed E-state index contributed by atoms with van der Waals surface area (Å²) in [7, 11) is 0. The third kappa shape index (κ3) is 6.35. The number of rotatable bonds is 7. The van der Waals surface area contributed by atoms with Crippen LogP contribution in [0.5, 0.6) is 5.75 Å². The van der Waals surface area contributed by atoms with E-state index in [2.05, 4.69) is 10.3 Å². The Labute approximate surface area is 223 Å². The number of thiazole rings is 1. The van der Waals surface area contributed by atoms with Crippen LogP contribution in [-0.2, 0) is 6.18 Å². The Kier molecular flexibility index (Phi) is 8.40. The number of benzene rings is 2. The van der Waals surface area contributed by atoms with Gasteiger partial charge in [0.25, 0.3) is 11.8 Å². The molecule has 2 aromatic carbocycles. The van der Waals surface area contributed by atoms with Gasteiger partial charge in [-0.1, -0.05) is 30.3 Å². The second kappa shape index (κ2) is 11.6. The number of amides is 2. The number of nitrogens with one attached hydrogen (secondary N) is 1. The lowest BCUT2D eigenvalue weighted by Gasteiger charge is -2.31. The molecule has 4 rings (SSSR count). The van der Waals surface area contributed by atoms with Gasteiger partial charge >= 0.3 is 6.18 Å². The predicted octanol–water partition coefficient (Wildman–Crippen LogP) is 6.00. The van der Waals surface area contributed by atoms with Crippen LogP contribution >= 0.6 is 11.3 Å². The molecule has 10 heteroatoms. The van der Waals surface area contributed by atoms with E-state index in [1.54, 1.807) is 5.38 Å². The van der Waals surface area contributed by atoms with Gasteiger partial charge in [0, 0.05) is 24.4 Å². The molecule has 1 N–H and O–H groups in total. The van der Waals surface area contributed by atoms with Crippen LogP contribution in [0, 0.1) is 13.8 Å². The summed E-state index contributed by atoms with van der Waals surface area (Å²) < 4.78 is 46.0. The molecule has 1 saturated heterocycles. The molecule has 1 aromatic heterocycles. The molecular formula is C28H30F3N3O3S. The maximum absolute atomic E-state index is 13.3. The smallest absolute Gasteiger partial charge is 0.417 e. The number of likely N-dealkylation sites (tertiary alicyclic amines) is 1. The molecule has 6 nitrogen and oxygen atoms in total. The molecule has 3 aromatic rings. The van der Waals surface area contributed by atoms with Crippen molar-refractivity contribution in [3.63, 3.8) is 0 Å². The summed E-state index contributed by atoms with van der Waals surface area (Å²) in [5.74, 6) is -0.0568. The molecule has 1 atom stereocenters.